The van der Waals surface area contributed by atoms with Crippen molar-refractivity contribution in [3.63, 3.8) is 0 Å². The van der Waals surface area contributed by atoms with Crippen molar-refractivity contribution in [2.24, 2.45) is 17.8 Å². The average Bonchev–Trinajstić information content (AvgIpc) is 3.28. The summed E-state index contributed by atoms with van der Waals surface area (Å²) >= 11 is 0. The monoisotopic (exact) mass is 449 g/mol. The molecule has 2 aromatic rings. The van der Waals surface area contributed by atoms with E-state index in [9.17, 15) is 9.90 Å². The Morgan fingerprint density at radius 3 is 2.58 bits per heavy atom. The molecule has 4 rings (SSSR count). The number of carbonyl (C=O) groups is 1. The Bertz CT molecular complexity index is 1040. The predicted molar refractivity (Wildman–Crippen MR) is 123 cm³/mol. The van der Waals surface area contributed by atoms with Gasteiger partial charge in [0.1, 0.15) is 11.5 Å². The normalized spacial score (nSPS) is 26.2. The van der Waals surface area contributed by atoms with Gasteiger partial charge in [-0.3, -0.25) is 4.79 Å². The number of hydrogen-bond acceptors (Lipinski definition) is 6. The topological polar surface area (TPSA) is 94.8 Å². The number of hydrogen-bond donors (Lipinski definition) is 2. The molecule has 0 spiro atoms. The zero-order valence-electron chi connectivity index (χ0n) is 19.2. The first-order valence-corrected chi connectivity index (χ1v) is 11.4. The molecular weight excluding hydrogens is 418 g/mol. The van der Waals surface area contributed by atoms with Crippen LogP contribution in [0, 0.1) is 29.2 Å². The number of likely N-dealkylation sites (tertiary alicyclic amines) is 1. The average molecular weight is 450 g/mol. The maximum Gasteiger partial charge on any atom is 0.227 e. The van der Waals surface area contributed by atoms with E-state index >= 15 is 0 Å². The molecule has 2 N–H and O–H groups in total. The van der Waals surface area contributed by atoms with Gasteiger partial charge in [-0.2, -0.15) is 5.26 Å². The van der Waals surface area contributed by atoms with Crippen molar-refractivity contribution in [3.05, 3.63) is 59.7 Å². The van der Waals surface area contributed by atoms with Gasteiger partial charge in [-0.05, 0) is 36.8 Å². The lowest BCUT2D eigenvalue weighted by molar-refractivity contribution is -0.130. The quantitative estimate of drug-likeness (QED) is 0.499. The first-order chi connectivity index (χ1) is 16.0. The summed E-state index contributed by atoms with van der Waals surface area (Å²) in [5, 5.41) is 23.9. The number of aliphatic hydroxyl groups is 1. The Labute approximate surface area is 194 Å². The fourth-order valence-electron chi connectivity index (χ4n) is 5.74. The van der Waals surface area contributed by atoms with E-state index in [1.54, 1.807) is 14.2 Å². The van der Waals surface area contributed by atoms with Crippen molar-refractivity contribution < 1.29 is 19.4 Å². The van der Waals surface area contributed by atoms with Crippen molar-refractivity contribution in [1.82, 2.24) is 10.2 Å². The van der Waals surface area contributed by atoms with Gasteiger partial charge in [0.15, 0.2) is 6.19 Å². The van der Waals surface area contributed by atoms with Crippen LogP contribution in [0.2, 0.25) is 0 Å². The van der Waals surface area contributed by atoms with Crippen LogP contribution in [0.15, 0.2) is 48.5 Å². The molecule has 33 heavy (non-hydrogen) atoms. The molecule has 1 aliphatic heterocycles. The van der Waals surface area contributed by atoms with Gasteiger partial charge in [-0.25, -0.2) is 0 Å². The molecule has 0 aromatic heterocycles. The summed E-state index contributed by atoms with van der Waals surface area (Å²) in [6, 6.07) is 15.1. The van der Waals surface area contributed by atoms with Crippen LogP contribution in [0.5, 0.6) is 11.5 Å². The molecule has 0 bridgehead atoms. The fourth-order valence-corrected chi connectivity index (χ4v) is 5.74. The largest absolute Gasteiger partial charge is 0.496 e. The highest BCUT2D eigenvalue weighted by Gasteiger charge is 2.54. The summed E-state index contributed by atoms with van der Waals surface area (Å²) in [6.07, 6.45) is 3.62. The second-order valence-electron chi connectivity index (χ2n) is 9.08. The van der Waals surface area contributed by atoms with Crippen molar-refractivity contribution in [1.29, 1.82) is 5.26 Å². The number of rotatable bonds is 7. The van der Waals surface area contributed by atoms with Gasteiger partial charge < -0.3 is 24.8 Å². The number of benzene rings is 2. The molecule has 4 atom stereocenters. The van der Waals surface area contributed by atoms with Crippen molar-refractivity contribution in [2.45, 2.75) is 24.9 Å². The lowest BCUT2D eigenvalue weighted by atomic mass is 9.63. The van der Waals surface area contributed by atoms with E-state index in [1.807, 2.05) is 59.6 Å². The minimum atomic E-state index is -1.14. The molecule has 1 aliphatic carbocycles. The van der Waals surface area contributed by atoms with Crippen LogP contribution in [0.1, 0.15) is 24.0 Å². The third kappa shape index (κ3) is 4.49. The number of para-hydroxylation sites is 2. The highest BCUT2D eigenvalue weighted by atomic mass is 16.5. The van der Waals surface area contributed by atoms with E-state index in [0.29, 0.717) is 37.6 Å². The van der Waals surface area contributed by atoms with E-state index in [4.69, 9.17) is 14.7 Å². The molecule has 2 aliphatic rings. The van der Waals surface area contributed by atoms with Crippen molar-refractivity contribution >= 4 is 5.91 Å². The molecule has 7 heteroatoms. The van der Waals surface area contributed by atoms with E-state index in [-0.39, 0.29) is 30.1 Å². The molecule has 1 saturated carbocycles. The number of amides is 1. The van der Waals surface area contributed by atoms with Crippen LogP contribution in [0.3, 0.4) is 0 Å². The molecule has 7 nitrogen and oxygen atoms in total. The van der Waals surface area contributed by atoms with Gasteiger partial charge >= 0.3 is 0 Å². The summed E-state index contributed by atoms with van der Waals surface area (Å²) in [7, 11) is 3.21. The zero-order valence-corrected chi connectivity index (χ0v) is 19.2. The number of nitrogens with zero attached hydrogens (tertiary/aromatic N) is 2. The third-order valence-corrected chi connectivity index (χ3v) is 7.22. The van der Waals surface area contributed by atoms with Gasteiger partial charge in [0.25, 0.3) is 0 Å². The van der Waals surface area contributed by atoms with Gasteiger partial charge in [0.05, 0.1) is 26.2 Å². The highest BCUT2D eigenvalue weighted by molar-refractivity contribution is 5.80. The minimum absolute atomic E-state index is 0.0305. The lowest BCUT2D eigenvalue weighted by Gasteiger charge is -2.45. The van der Waals surface area contributed by atoms with Crippen LogP contribution >= 0.6 is 0 Å². The second-order valence-corrected chi connectivity index (χ2v) is 9.08. The molecule has 0 radical (unpaired) electrons. The summed E-state index contributed by atoms with van der Waals surface area (Å²) in [6.45, 7) is 1.59. The Morgan fingerprint density at radius 1 is 1.15 bits per heavy atom. The molecule has 174 valence electrons. The summed E-state index contributed by atoms with van der Waals surface area (Å²) < 4.78 is 11.0. The molecule has 1 saturated heterocycles. The maximum absolute atomic E-state index is 13.3. The molecule has 1 amide bonds. The summed E-state index contributed by atoms with van der Waals surface area (Å²) in [5.41, 5.74) is 0.468. The van der Waals surface area contributed by atoms with E-state index in [0.717, 1.165) is 17.5 Å². The number of ether oxygens (including phenoxy) is 2. The molecule has 2 fully saturated rings. The number of nitriles is 1. The van der Waals surface area contributed by atoms with Crippen LogP contribution in [0.25, 0.3) is 0 Å². The number of nitrogens with one attached hydrogen (secondary N) is 1. The maximum atomic E-state index is 13.3. The molecule has 2 aromatic carbocycles. The molecule has 1 heterocycles. The first-order valence-electron chi connectivity index (χ1n) is 11.4. The Kier molecular flexibility index (Phi) is 6.75. The van der Waals surface area contributed by atoms with Gasteiger partial charge in [-0.1, -0.05) is 36.4 Å². The predicted octanol–water partition coefficient (Wildman–Crippen LogP) is 2.69. The van der Waals surface area contributed by atoms with Gasteiger partial charge in [0.2, 0.25) is 5.91 Å². The minimum Gasteiger partial charge on any atom is -0.496 e. The SMILES string of the molecule is COc1ccccc1CC(=O)N1CC2CC(CNC#N)CC(O)(c3ccccc3OC)C2C1. The van der Waals surface area contributed by atoms with Gasteiger partial charge in [0, 0.05) is 36.7 Å². The Hall–Kier alpha value is -3.24. The molecular formula is C26H31N3O4. The Balaban J connectivity index is 1.60. The number of carbonyl (C=O) groups excluding carboxylic acids is 1. The third-order valence-electron chi connectivity index (χ3n) is 7.22. The Morgan fingerprint density at radius 2 is 1.85 bits per heavy atom. The number of methoxy groups -OCH3 is 2. The van der Waals surface area contributed by atoms with E-state index in [2.05, 4.69) is 5.32 Å². The fraction of sp³-hybridized carbons (Fsp3) is 0.462. The van der Waals surface area contributed by atoms with E-state index < -0.39 is 5.60 Å². The molecule has 4 unspecified atom stereocenters. The van der Waals surface area contributed by atoms with Crippen LogP contribution in [-0.4, -0.2) is 49.8 Å². The lowest BCUT2D eigenvalue weighted by Crippen LogP contribution is -2.47. The van der Waals surface area contributed by atoms with Crippen molar-refractivity contribution in [3.8, 4) is 17.7 Å². The summed E-state index contributed by atoms with van der Waals surface area (Å²) in [4.78, 5) is 15.1. The first kappa shape index (κ1) is 22.9. The van der Waals surface area contributed by atoms with E-state index in [1.165, 1.54) is 0 Å². The number of fused-ring (bicyclic) bond motifs is 1. The standard InChI is InChI=1S/C26H31N3O4/c1-32-23-9-5-3-7-19(23)12-25(30)29-15-20-11-18(14-28-17-27)13-26(31,22(20)16-29)21-8-4-6-10-24(21)33-2/h3-10,18,20,22,28,31H,11-16H2,1-2H3. The zero-order chi connectivity index (χ0) is 23.4. The van der Waals surface area contributed by atoms with Crippen LogP contribution in [-0.2, 0) is 16.8 Å². The van der Waals surface area contributed by atoms with Crippen LogP contribution in [0.4, 0.5) is 0 Å². The second kappa shape index (κ2) is 9.72. The highest BCUT2D eigenvalue weighted by Crippen LogP contribution is 2.52. The summed E-state index contributed by atoms with van der Waals surface area (Å²) in [5.74, 6) is 1.53. The smallest absolute Gasteiger partial charge is 0.227 e. The van der Waals surface area contributed by atoms with Gasteiger partial charge in [-0.15, -0.1) is 0 Å². The van der Waals surface area contributed by atoms with Crippen LogP contribution < -0.4 is 14.8 Å². The van der Waals surface area contributed by atoms with Crippen molar-refractivity contribution in [2.75, 3.05) is 33.9 Å².